The minimum absolute atomic E-state index is 0.443. The van der Waals surface area contributed by atoms with Crippen molar-refractivity contribution in [1.29, 1.82) is 0 Å². The summed E-state index contributed by atoms with van der Waals surface area (Å²) in [6, 6.07) is 8.68. The molecule has 1 aromatic carbocycles. The zero-order valence-electron chi connectivity index (χ0n) is 11.9. The second kappa shape index (κ2) is 7.48. The highest BCUT2D eigenvalue weighted by Crippen LogP contribution is 2.21. The normalized spacial score (nSPS) is 20.4. The molecule has 0 radical (unpaired) electrons. The van der Waals surface area contributed by atoms with Crippen LogP contribution in [0.2, 0.25) is 0 Å². The Balaban J connectivity index is 2.02. The number of nitrogens with one attached hydrogen (secondary N) is 1. The summed E-state index contributed by atoms with van der Waals surface area (Å²) in [6.07, 6.45) is 0. The number of para-hydroxylation sites is 1. The summed E-state index contributed by atoms with van der Waals surface area (Å²) in [6.45, 7) is 7.64. The number of methoxy groups -OCH3 is 1. The molecule has 0 saturated carbocycles. The van der Waals surface area contributed by atoms with Crippen LogP contribution in [0.1, 0.15) is 12.5 Å². The maximum atomic E-state index is 5.59. The molecule has 1 aliphatic rings. The molecule has 0 aromatic heterocycles. The Bertz CT molecular complexity index is 384. The van der Waals surface area contributed by atoms with Gasteiger partial charge in [-0.15, -0.1) is 0 Å². The lowest BCUT2D eigenvalue weighted by atomic mass is 10.1. The predicted octanol–water partition coefficient (Wildman–Crippen LogP) is 1.51. The van der Waals surface area contributed by atoms with Crippen LogP contribution in [0.5, 0.6) is 5.75 Å². The third kappa shape index (κ3) is 3.93. The number of ether oxygens (including phenoxy) is 2. The van der Waals surface area contributed by atoms with Crippen LogP contribution in [0.4, 0.5) is 0 Å². The predicted molar refractivity (Wildman–Crippen MR) is 76.6 cm³/mol. The fraction of sp³-hybridized carbons (Fsp3) is 0.600. The van der Waals surface area contributed by atoms with E-state index in [1.54, 1.807) is 7.11 Å². The summed E-state index contributed by atoms with van der Waals surface area (Å²) in [4.78, 5) is 2.48. The Kier molecular flexibility index (Phi) is 5.63. The van der Waals surface area contributed by atoms with Crippen LogP contribution in [-0.4, -0.2) is 50.9 Å². The van der Waals surface area contributed by atoms with E-state index in [4.69, 9.17) is 9.47 Å². The lowest BCUT2D eigenvalue weighted by Gasteiger charge is -2.36. The molecule has 4 heteroatoms. The summed E-state index contributed by atoms with van der Waals surface area (Å²) in [7, 11) is 1.73. The number of hydrogen-bond donors (Lipinski definition) is 1. The molecule has 1 N–H and O–H groups in total. The molecular formula is C15H24N2O2. The standard InChI is InChI=1S/C15H24N2O2/c1-3-16-10-14-12-19-9-8-17(14)11-13-6-4-5-7-15(13)18-2/h4-7,14,16H,3,8-12H2,1-2H3. The Labute approximate surface area is 115 Å². The van der Waals surface area contributed by atoms with Gasteiger partial charge in [0.05, 0.1) is 20.3 Å². The fourth-order valence-corrected chi connectivity index (χ4v) is 2.45. The first-order valence-electron chi connectivity index (χ1n) is 6.99. The molecule has 1 atom stereocenters. The summed E-state index contributed by atoms with van der Waals surface area (Å²) < 4.78 is 11.0. The second-order valence-corrected chi connectivity index (χ2v) is 4.82. The van der Waals surface area contributed by atoms with Gasteiger partial charge in [0.25, 0.3) is 0 Å². The first-order valence-corrected chi connectivity index (χ1v) is 6.99. The molecule has 0 aliphatic carbocycles. The fourth-order valence-electron chi connectivity index (χ4n) is 2.45. The van der Waals surface area contributed by atoms with Crippen molar-refractivity contribution < 1.29 is 9.47 Å². The molecule has 1 aliphatic heterocycles. The van der Waals surface area contributed by atoms with Gasteiger partial charge in [0.1, 0.15) is 5.75 Å². The van der Waals surface area contributed by atoms with Crippen molar-refractivity contribution in [3.8, 4) is 5.75 Å². The van der Waals surface area contributed by atoms with E-state index >= 15 is 0 Å². The average Bonchev–Trinajstić information content (AvgIpc) is 2.47. The number of likely N-dealkylation sites (N-methyl/N-ethyl adjacent to an activating group) is 1. The lowest BCUT2D eigenvalue weighted by molar-refractivity contribution is -0.0110. The monoisotopic (exact) mass is 264 g/mol. The van der Waals surface area contributed by atoms with Crippen LogP contribution in [0.25, 0.3) is 0 Å². The van der Waals surface area contributed by atoms with Gasteiger partial charge in [-0.2, -0.15) is 0 Å². The number of morpholine rings is 1. The van der Waals surface area contributed by atoms with Crippen LogP contribution in [0.15, 0.2) is 24.3 Å². The van der Waals surface area contributed by atoms with E-state index in [1.165, 1.54) is 5.56 Å². The smallest absolute Gasteiger partial charge is 0.123 e. The zero-order chi connectivity index (χ0) is 13.5. The summed E-state index contributed by atoms with van der Waals surface area (Å²) in [5, 5.41) is 3.41. The topological polar surface area (TPSA) is 33.7 Å². The van der Waals surface area contributed by atoms with Crippen molar-refractivity contribution in [2.45, 2.75) is 19.5 Å². The van der Waals surface area contributed by atoms with Crippen LogP contribution < -0.4 is 10.1 Å². The van der Waals surface area contributed by atoms with E-state index in [0.717, 1.165) is 45.1 Å². The second-order valence-electron chi connectivity index (χ2n) is 4.82. The van der Waals surface area contributed by atoms with Crippen molar-refractivity contribution >= 4 is 0 Å². The number of hydrogen-bond acceptors (Lipinski definition) is 4. The molecule has 1 unspecified atom stereocenters. The van der Waals surface area contributed by atoms with Gasteiger partial charge in [-0.05, 0) is 12.6 Å². The van der Waals surface area contributed by atoms with Crippen molar-refractivity contribution in [3.63, 3.8) is 0 Å². The molecule has 19 heavy (non-hydrogen) atoms. The highest BCUT2D eigenvalue weighted by molar-refractivity contribution is 5.33. The van der Waals surface area contributed by atoms with Gasteiger partial charge in [0, 0.05) is 31.2 Å². The minimum Gasteiger partial charge on any atom is -0.496 e. The van der Waals surface area contributed by atoms with E-state index < -0.39 is 0 Å². The van der Waals surface area contributed by atoms with E-state index in [9.17, 15) is 0 Å². The largest absolute Gasteiger partial charge is 0.496 e. The third-order valence-electron chi connectivity index (χ3n) is 3.55. The molecule has 2 rings (SSSR count). The highest BCUT2D eigenvalue weighted by Gasteiger charge is 2.23. The van der Waals surface area contributed by atoms with Crippen LogP contribution in [0, 0.1) is 0 Å². The van der Waals surface area contributed by atoms with Gasteiger partial charge in [-0.3, -0.25) is 4.90 Å². The first kappa shape index (κ1) is 14.3. The molecule has 106 valence electrons. The molecule has 1 aromatic rings. The Morgan fingerprint density at radius 3 is 3.05 bits per heavy atom. The molecular weight excluding hydrogens is 240 g/mol. The minimum atomic E-state index is 0.443. The number of rotatable bonds is 6. The third-order valence-corrected chi connectivity index (χ3v) is 3.55. The quantitative estimate of drug-likeness (QED) is 0.844. The highest BCUT2D eigenvalue weighted by atomic mass is 16.5. The first-order chi connectivity index (χ1) is 9.35. The van der Waals surface area contributed by atoms with Crippen LogP contribution in [-0.2, 0) is 11.3 Å². The van der Waals surface area contributed by atoms with Gasteiger partial charge in [0.15, 0.2) is 0 Å². The van der Waals surface area contributed by atoms with E-state index in [0.29, 0.717) is 6.04 Å². The van der Waals surface area contributed by atoms with Crippen molar-refractivity contribution in [2.75, 3.05) is 40.0 Å². The molecule has 1 fully saturated rings. The zero-order valence-corrected chi connectivity index (χ0v) is 11.9. The Morgan fingerprint density at radius 2 is 2.26 bits per heavy atom. The van der Waals surface area contributed by atoms with E-state index in [1.807, 2.05) is 12.1 Å². The Morgan fingerprint density at radius 1 is 1.42 bits per heavy atom. The Hall–Kier alpha value is -1.10. The lowest BCUT2D eigenvalue weighted by Crippen LogP contribution is -2.49. The van der Waals surface area contributed by atoms with Gasteiger partial charge >= 0.3 is 0 Å². The van der Waals surface area contributed by atoms with Gasteiger partial charge in [-0.25, -0.2) is 0 Å². The molecule has 0 spiro atoms. The summed E-state index contributed by atoms with van der Waals surface area (Å²) >= 11 is 0. The number of benzene rings is 1. The van der Waals surface area contributed by atoms with Crippen LogP contribution >= 0.6 is 0 Å². The van der Waals surface area contributed by atoms with E-state index in [2.05, 4.69) is 29.3 Å². The van der Waals surface area contributed by atoms with Gasteiger partial charge in [-0.1, -0.05) is 25.1 Å². The summed E-state index contributed by atoms with van der Waals surface area (Å²) in [5.74, 6) is 0.969. The molecule has 4 nitrogen and oxygen atoms in total. The van der Waals surface area contributed by atoms with Crippen LogP contribution in [0.3, 0.4) is 0 Å². The maximum absolute atomic E-state index is 5.59. The number of nitrogens with zero attached hydrogens (tertiary/aromatic N) is 1. The van der Waals surface area contributed by atoms with Crippen molar-refractivity contribution in [1.82, 2.24) is 10.2 Å². The van der Waals surface area contributed by atoms with Crippen molar-refractivity contribution in [2.24, 2.45) is 0 Å². The average molecular weight is 264 g/mol. The van der Waals surface area contributed by atoms with Gasteiger partial charge in [0.2, 0.25) is 0 Å². The van der Waals surface area contributed by atoms with E-state index in [-0.39, 0.29) is 0 Å². The SMILES string of the molecule is CCNCC1COCCN1Cc1ccccc1OC. The molecule has 0 bridgehead atoms. The molecule has 0 amide bonds. The summed E-state index contributed by atoms with van der Waals surface area (Å²) in [5.41, 5.74) is 1.24. The maximum Gasteiger partial charge on any atom is 0.123 e. The van der Waals surface area contributed by atoms with Gasteiger partial charge < -0.3 is 14.8 Å². The molecule has 1 heterocycles. The van der Waals surface area contributed by atoms with Crippen molar-refractivity contribution in [3.05, 3.63) is 29.8 Å². The molecule has 1 saturated heterocycles.